The second-order valence-electron chi connectivity index (χ2n) is 7.12. The van der Waals surface area contributed by atoms with Crippen LogP contribution in [0.5, 0.6) is 0 Å². The molecule has 6 heteroatoms. The van der Waals surface area contributed by atoms with Crippen molar-refractivity contribution in [2.45, 2.75) is 25.9 Å². The molecule has 3 rings (SSSR count). The first-order valence-electron chi connectivity index (χ1n) is 9.62. The minimum atomic E-state index is -0.166. The van der Waals surface area contributed by atoms with Gasteiger partial charge in [0.25, 0.3) is 0 Å². The third-order valence-corrected chi connectivity index (χ3v) is 5.10. The van der Waals surface area contributed by atoms with Gasteiger partial charge in [-0.1, -0.05) is 30.3 Å². The molecule has 0 radical (unpaired) electrons. The van der Waals surface area contributed by atoms with Gasteiger partial charge in [0.2, 0.25) is 11.8 Å². The minimum Gasteiger partial charge on any atom is -0.377 e. The third kappa shape index (κ3) is 5.54. The number of nitrogens with one attached hydrogen (secondary N) is 1. The van der Waals surface area contributed by atoms with Gasteiger partial charge in [0.15, 0.2) is 0 Å². The van der Waals surface area contributed by atoms with Crippen LogP contribution >= 0.6 is 0 Å². The van der Waals surface area contributed by atoms with Crippen LogP contribution in [0.15, 0.2) is 30.3 Å². The summed E-state index contributed by atoms with van der Waals surface area (Å²) in [6.45, 7) is 6.39. The van der Waals surface area contributed by atoms with Crippen molar-refractivity contribution in [1.82, 2.24) is 15.1 Å². The van der Waals surface area contributed by atoms with Crippen LogP contribution in [0.4, 0.5) is 0 Å². The van der Waals surface area contributed by atoms with Crippen LogP contribution < -0.4 is 5.32 Å². The first-order valence-corrected chi connectivity index (χ1v) is 9.62. The van der Waals surface area contributed by atoms with Gasteiger partial charge >= 0.3 is 0 Å². The number of carbonyl (C=O) groups is 2. The van der Waals surface area contributed by atoms with Gasteiger partial charge in [-0.25, -0.2) is 0 Å². The van der Waals surface area contributed by atoms with Crippen molar-refractivity contribution >= 4 is 11.8 Å². The highest BCUT2D eigenvalue weighted by Gasteiger charge is 2.31. The molecule has 2 saturated heterocycles. The molecule has 2 amide bonds. The summed E-state index contributed by atoms with van der Waals surface area (Å²) in [6, 6.07) is 10.2. The fraction of sp³-hybridized carbons (Fsp3) is 0.600. The molecular weight excluding hydrogens is 330 g/mol. The Kier molecular flexibility index (Phi) is 7.03. The molecule has 0 bridgehead atoms. The topological polar surface area (TPSA) is 61.9 Å². The van der Waals surface area contributed by atoms with Crippen molar-refractivity contribution in [3.8, 4) is 0 Å². The van der Waals surface area contributed by atoms with Gasteiger partial charge in [0.05, 0.1) is 12.5 Å². The number of benzene rings is 1. The number of nitrogens with zero attached hydrogens (tertiary/aromatic N) is 2. The Hall–Kier alpha value is -1.92. The highest BCUT2D eigenvalue weighted by molar-refractivity contribution is 5.89. The van der Waals surface area contributed by atoms with E-state index in [4.69, 9.17) is 4.74 Å². The molecule has 1 aromatic carbocycles. The Bertz CT molecular complexity index is 593. The van der Waals surface area contributed by atoms with Crippen molar-refractivity contribution < 1.29 is 14.3 Å². The summed E-state index contributed by atoms with van der Waals surface area (Å²) in [5.74, 6) is -0.0351. The predicted molar refractivity (Wildman–Crippen MR) is 99.5 cm³/mol. The Morgan fingerprint density at radius 3 is 2.77 bits per heavy atom. The number of hydrogen-bond donors (Lipinski definition) is 1. The molecule has 0 spiro atoms. The van der Waals surface area contributed by atoms with Gasteiger partial charge in [-0.05, 0) is 24.9 Å². The van der Waals surface area contributed by atoms with Gasteiger partial charge in [-0.3, -0.25) is 9.59 Å². The summed E-state index contributed by atoms with van der Waals surface area (Å²) >= 11 is 0. The second kappa shape index (κ2) is 9.69. The summed E-state index contributed by atoms with van der Waals surface area (Å²) < 4.78 is 5.75. The highest BCUT2D eigenvalue weighted by atomic mass is 16.5. The van der Waals surface area contributed by atoms with Gasteiger partial charge in [-0.15, -0.1) is 0 Å². The third-order valence-electron chi connectivity index (χ3n) is 5.10. The average molecular weight is 359 g/mol. The second-order valence-corrected chi connectivity index (χ2v) is 7.12. The molecule has 1 aromatic rings. The zero-order valence-electron chi connectivity index (χ0n) is 15.4. The maximum Gasteiger partial charge on any atom is 0.228 e. The average Bonchev–Trinajstić information content (AvgIpc) is 2.96. The van der Waals surface area contributed by atoms with Gasteiger partial charge in [0.1, 0.15) is 0 Å². The smallest absolute Gasteiger partial charge is 0.228 e. The normalized spacial score (nSPS) is 21.5. The van der Waals surface area contributed by atoms with E-state index in [1.807, 2.05) is 23.1 Å². The maximum atomic E-state index is 12.5. The standard InChI is InChI=1S/C20H29N3O3/c24-19-14-18(15-21-19)20(25)23-10-4-8-22(11-12-23)9-5-13-26-16-17-6-2-1-3-7-17/h1-3,6-7,18H,4-5,8-16H2,(H,21,24). The van der Waals surface area contributed by atoms with E-state index in [1.165, 1.54) is 5.56 Å². The van der Waals surface area contributed by atoms with E-state index in [2.05, 4.69) is 22.3 Å². The van der Waals surface area contributed by atoms with E-state index in [9.17, 15) is 9.59 Å². The lowest BCUT2D eigenvalue weighted by molar-refractivity contribution is -0.135. The lowest BCUT2D eigenvalue weighted by atomic mass is 10.1. The molecule has 2 fully saturated rings. The number of rotatable bonds is 7. The molecule has 2 heterocycles. The summed E-state index contributed by atoms with van der Waals surface area (Å²) in [4.78, 5) is 28.2. The molecular formula is C20H29N3O3. The van der Waals surface area contributed by atoms with Crippen LogP contribution in [0.3, 0.4) is 0 Å². The van der Waals surface area contributed by atoms with Crippen LogP contribution in [0.25, 0.3) is 0 Å². The fourth-order valence-electron chi connectivity index (χ4n) is 3.61. The van der Waals surface area contributed by atoms with Crippen LogP contribution in [0, 0.1) is 5.92 Å². The number of amides is 2. The predicted octanol–water partition coefficient (Wildman–Crippen LogP) is 1.26. The van der Waals surface area contributed by atoms with Crippen molar-refractivity contribution in [1.29, 1.82) is 0 Å². The molecule has 26 heavy (non-hydrogen) atoms. The van der Waals surface area contributed by atoms with Gasteiger partial charge < -0.3 is 19.9 Å². The minimum absolute atomic E-state index is 0.00435. The highest BCUT2D eigenvalue weighted by Crippen LogP contribution is 2.15. The Balaban J connectivity index is 1.32. The number of carbonyl (C=O) groups excluding carboxylic acids is 2. The summed E-state index contributed by atoms with van der Waals surface area (Å²) in [6.07, 6.45) is 2.34. The first-order chi connectivity index (χ1) is 12.7. The first kappa shape index (κ1) is 18.9. The van der Waals surface area contributed by atoms with Crippen LogP contribution in [-0.2, 0) is 20.9 Å². The largest absolute Gasteiger partial charge is 0.377 e. The van der Waals surface area contributed by atoms with E-state index in [1.54, 1.807) is 0 Å². The molecule has 0 saturated carbocycles. The van der Waals surface area contributed by atoms with Crippen molar-refractivity contribution in [3.63, 3.8) is 0 Å². The van der Waals surface area contributed by atoms with E-state index < -0.39 is 0 Å². The number of ether oxygens (including phenoxy) is 1. The van der Waals surface area contributed by atoms with Crippen LogP contribution in [-0.4, -0.2) is 67.5 Å². The van der Waals surface area contributed by atoms with E-state index in [-0.39, 0.29) is 17.7 Å². The van der Waals surface area contributed by atoms with Gasteiger partial charge in [-0.2, -0.15) is 0 Å². The Labute approximate surface area is 155 Å². The Morgan fingerprint density at radius 1 is 1.15 bits per heavy atom. The lowest BCUT2D eigenvalue weighted by Crippen LogP contribution is -2.39. The maximum absolute atomic E-state index is 12.5. The molecule has 6 nitrogen and oxygen atoms in total. The summed E-state index contributed by atoms with van der Waals surface area (Å²) in [7, 11) is 0. The number of hydrogen-bond acceptors (Lipinski definition) is 4. The van der Waals surface area contributed by atoms with E-state index in [0.29, 0.717) is 19.6 Å². The Morgan fingerprint density at radius 2 is 2.00 bits per heavy atom. The van der Waals surface area contributed by atoms with Crippen molar-refractivity contribution in [2.75, 3.05) is 45.9 Å². The monoisotopic (exact) mass is 359 g/mol. The fourth-order valence-corrected chi connectivity index (χ4v) is 3.61. The molecule has 1 N–H and O–H groups in total. The molecule has 0 aliphatic carbocycles. The summed E-state index contributed by atoms with van der Waals surface area (Å²) in [5.41, 5.74) is 1.20. The van der Waals surface area contributed by atoms with Gasteiger partial charge in [0, 0.05) is 45.8 Å². The zero-order valence-corrected chi connectivity index (χ0v) is 15.4. The molecule has 2 aliphatic heterocycles. The SMILES string of the molecule is O=C1CC(C(=O)N2CCCN(CCCOCc3ccccc3)CC2)CN1. The van der Waals surface area contributed by atoms with Crippen molar-refractivity contribution in [2.24, 2.45) is 5.92 Å². The molecule has 1 atom stereocenters. The summed E-state index contributed by atoms with van der Waals surface area (Å²) in [5, 5.41) is 2.75. The molecule has 142 valence electrons. The van der Waals surface area contributed by atoms with E-state index in [0.717, 1.165) is 52.2 Å². The quantitative estimate of drug-likeness (QED) is 0.745. The zero-order chi connectivity index (χ0) is 18.2. The molecule has 0 aromatic heterocycles. The molecule has 1 unspecified atom stereocenters. The molecule has 2 aliphatic rings. The lowest BCUT2D eigenvalue weighted by Gasteiger charge is -2.24. The van der Waals surface area contributed by atoms with Crippen LogP contribution in [0.1, 0.15) is 24.8 Å². The van der Waals surface area contributed by atoms with Crippen LogP contribution in [0.2, 0.25) is 0 Å². The van der Waals surface area contributed by atoms with E-state index >= 15 is 0 Å². The van der Waals surface area contributed by atoms with Crippen molar-refractivity contribution in [3.05, 3.63) is 35.9 Å².